The van der Waals surface area contributed by atoms with Crippen molar-refractivity contribution in [2.24, 2.45) is 0 Å². The van der Waals surface area contributed by atoms with Crippen LogP contribution in [0.15, 0.2) is 0 Å². The van der Waals surface area contributed by atoms with Gasteiger partial charge in [-0.2, -0.15) is 0 Å². The Morgan fingerprint density at radius 2 is 1.90 bits per heavy atom. The zero-order chi connectivity index (χ0) is 7.40. The summed E-state index contributed by atoms with van der Waals surface area (Å²) in [6, 6.07) is 0. The van der Waals surface area contributed by atoms with E-state index in [4.69, 9.17) is 4.74 Å². The smallest absolute Gasteiger partial charge is 0.0603 e. The zero-order valence-corrected chi connectivity index (χ0v) is 7.36. The quantitative estimate of drug-likeness (QED) is 0.547. The number of ether oxygens (including phenoxy) is 1. The Hall–Kier alpha value is 0.230. The molecule has 0 unspecified atom stereocenters. The Kier molecular flexibility index (Phi) is 3.48. The Morgan fingerprint density at radius 1 is 1.30 bits per heavy atom. The van der Waals surface area contributed by atoms with Crippen molar-refractivity contribution in [1.82, 2.24) is 8.61 Å². The van der Waals surface area contributed by atoms with Gasteiger partial charge < -0.3 is 4.74 Å². The first-order valence-electron chi connectivity index (χ1n) is 3.47. The van der Waals surface area contributed by atoms with E-state index in [9.17, 15) is 0 Å². The van der Waals surface area contributed by atoms with Gasteiger partial charge in [-0.05, 0) is 14.1 Å². The number of hydrogen-bond donors (Lipinski definition) is 0. The van der Waals surface area contributed by atoms with Gasteiger partial charge in [-0.1, -0.05) is 0 Å². The van der Waals surface area contributed by atoms with E-state index in [0.717, 1.165) is 26.3 Å². The molecule has 0 amide bonds. The van der Waals surface area contributed by atoms with Crippen molar-refractivity contribution >= 4 is 12.1 Å². The van der Waals surface area contributed by atoms with E-state index >= 15 is 0 Å². The minimum absolute atomic E-state index is 0.876. The average Bonchev–Trinajstić information content (AvgIpc) is 1.88. The summed E-state index contributed by atoms with van der Waals surface area (Å²) in [6.45, 7) is 3.84. The first kappa shape index (κ1) is 8.33. The highest BCUT2D eigenvalue weighted by molar-refractivity contribution is 7.94. The molecule has 4 heteroatoms. The second-order valence-corrected chi connectivity index (χ2v) is 3.85. The Labute approximate surface area is 66.6 Å². The number of hydrogen-bond acceptors (Lipinski definition) is 4. The molecule has 10 heavy (non-hydrogen) atoms. The molecular formula is C6H14N2OS. The van der Waals surface area contributed by atoms with Crippen LogP contribution in [0.1, 0.15) is 0 Å². The summed E-state index contributed by atoms with van der Waals surface area (Å²) in [4.78, 5) is 0. The van der Waals surface area contributed by atoms with Gasteiger partial charge >= 0.3 is 0 Å². The second kappa shape index (κ2) is 4.18. The molecule has 0 spiro atoms. The highest BCUT2D eigenvalue weighted by Gasteiger charge is 2.10. The average molecular weight is 162 g/mol. The van der Waals surface area contributed by atoms with Crippen LogP contribution in [0.2, 0.25) is 0 Å². The van der Waals surface area contributed by atoms with Crippen molar-refractivity contribution in [3.8, 4) is 0 Å². The predicted octanol–water partition coefficient (Wildman–Crippen LogP) is 0.443. The summed E-state index contributed by atoms with van der Waals surface area (Å²) < 4.78 is 9.62. The van der Waals surface area contributed by atoms with Crippen molar-refractivity contribution in [3.63, 3.8) is 0 Å². The maximum Gasteiger partial charge on any atom is 0.0603 e. The van der Waals surface area contributed by atoms with Gasteiger partial charge in [-0.15, -0.1) is 0 Å². The topological polar surface area (TPSA) is 15.7 Å². The normalized spacial score (nSPS) is 21.9. The molecule has 1 rings (SSSR count). The van der Waals surface area contributed by atoms with Crippen LogP contribution in [0.5, 0.6) is 0 Å². The molecule has 0 aromatic carbocycles. The van der Waals surface area contributed by atoms with E-state index in [2.05, 4.69) is 22.7 Å². The number of nitrogens with zero attached hydrogens (tertiary/aromatic N) is 2. The summed E-state index contributed by atoms with van der Waals surface area (Å²) in [5.41, 5.74) is 0. The van der Waals surface area contributed by atoms with Crippen LogP contribution in [0.25, 0.3) is 0 Å². The molecule has 0 aromatic heterocycles. The lowest BCUT2D eigenvalue weighted by atomic mass is 10.5. The van der Waals surface area contributed by atoms with Crippen molar-refractivity contribution < 1.29 is 4.74 Å². The number of rotatable bonds is 2. The minimum atomic E-state index is 0.876. The third-order valence-corrected chi connectivity index (χ3v) is 2.17. The van der Waals surface area contributed by atoms with Crippen molar-refractivity contribution in [3.05, 3.63) is 0 Å². The van der Waals surface area contributed by atoms with E-state index < -0.39 is 0 Å². The highest BCUT2D eigenvalue weighted by Crippen LogP contribution is 2.12. The maximum atomic E-state index is 5.21. The van der Waals surface area contributed by atoms with Crippen LogP contribution < -0.4 is 0 Å². The van der Waals surface area contributed by atoms with Crippen molar-refractivity contribution in [2.75, 3.05) is 40.4 Å². The van der Waals surface area contributed by atoms with Crippen molar-refractivity contribution in [1.29, 1.82) is 0 Å². The van der Waals surface area contributed by atoms with E-state index in [1.54, 1.807) is 12.1 Å². The molecule has 1 aliphatic rings. The fraction of sp³-hybridized carbons (Fsp3) is 1.00. The molecule has 0 aromatic rings. The third-order valence-electron chi connectivity index (χ3n) is 1.25. The molecule has 0 atom stereocenters. The molecule has 0 N–H and O–H groups in total. The lowest BCUT2D eigenvalue weighted by Gasteiger charge is -2.27. The molecular weight excluding hydrogens is 148 g/mol. The lowest BCUT2D eigenvalue weighted by molar-refractivity contribution is 0.0762. The molecule has 1 aliphatic heterocycles. The van der Waals surface area contributed by atoms with E-state index in [0.29, 0.717) is 0 Å². The standard InChI is InChI=1S/C6H14N2OS/c1-7(2)10-8-3-5-9-6-4-8/h3-6H2,1-2H3. The van der Waals surface area contributed by atoms with Crippen molar-refractivity contribution in [2.45, 2.75) is 0 Å². The maximum absolute atomic E-state index is 5.21. The lowest BCUT2D eigenvalue weighted by Crippen LogP contribution is -2.33. The van der Waals surface area contributed by atoms with Gasteiger partial charge in [0.05, 0.1) is 13.2 Å². The molecule has 0 bridgehead atoms. The van der Waals surface area contributed by atoms with Crippen LogP contribution in [0.4, 0.5) is 0 Å². The molecule has 1 fully saturated rings. The SMILES string of the molecule is CN(C)SN1CCOCC1. The van der Waals surface area contributed by atoms with Crippen LogP contribution in [0.3, 0.4) is 0 Å². The van der Waals surface area contributed by atoms with Gasteiger partial charge in [0, 0.05) is 25.2 Å². The summed E-state index contributed by atoms with van der Waals surface area (Å²) >= 11 is 1.76. The third kappa shape index (κ3) is 2.88. The van der Waals surface area contributed by atoms with E-state index in [1.165, 1.54) is 0 Å². The van der Waals surface area contributed by atoms with Gasteiger partial charge in [0.2, 0.25) is 0 Å². The van der Waals surface area contributed by atoms with Gasteiger partial charge in [0.1, 0.15) is 0 Å². The van der Waals surface area contributed by atoms with E-state index in [-0.39, 0.29) is 0 Å². The summed E-state index contributed by atoms with van der Waals surface area (Å²) in [5.74, 6) is 0. The van der Waals surface area contributed by atoms with Gasteiger partial charge in [0.15, 0.2) is 0 Å². The summed E-state index contributed by atoms with van der Waals surface area (Å²) in [7, 11) is 4.11. The van der Waals surface area contributed by atoms with Crippen LogP contribution in [-0.2, 0) is 4.74 Å². The van der Waals surface area contributed by atoms with Gasteiger partial charge in [0.25, 0.3) is 0 Å². The van der Waals surface area contributed by atoms with Crippen LogP contribution in [-0.4, -0.2) is 49.0 Å². The second-order valence-electron chi connectivity index (χ2n) is 2.44. The molecule has 3 nitrogen and oxygen atoms in total. The Bertz CT molecular complexity index is 93.7. The first-order chi connectivity index (χ1) is 4.79. The Balaban J connectivity index is 2.13. The molecule has 0 radical (unpaired) electrons. The molecule has 0 aliphatic carbocycles. The summed E-state index contributed by atoms with van der Waals surface area (Å²) in [6.07, 6.45) is 0. The Morgan fingerprint density at radius 3 is 2.40 bits per heavy atom. The molecule has 60 valence electrons. The molecule has 1 saturated heterocycles. The molecule has 1 heterocycles. The predicted molar refractivity (Wildman–Crippen MR) is 43.7 cm³/mol. The first-order valence-corrected chi connectivity index (χ1v) is 4.20. The summed E-state index contributed by atoms with van der Waals surface area (Å²) in [5, 5.41) is 0. The minimum Gasteiger partial charge on any atom is -0.379 e. The van der Waals surface area contributed by atoms with Gasteiger partial charge in [-0.3, -0.25) is 0 Å². The van der Waals surface area contributed by atoms with E-state index in [1.807, 2.05) is 0 Å². The van der Waals surface area contributed by atoms with Crippen LogP contribution >= 0.6 is 12.1 Å². The fourth-order valence-corrected chi connectivity index (χ4v) is 1.63. The fourth-order valence-electron chi connectivity index (χ4n) is 0.859. The highest BCUT2D eigenvalue weighted by atomic mass is 32.2. The number of morpholine rings is 1. The zero-order valence-electron chi connectivity index (χ0n) is 6.54. The monoisotopic (exact) mass is 162 g/mol. The molecule has 0 saturated carbocycles. The van der Waals surface area contributed by atoms with Crippen LogP contribution in [0, 0.1) is 0 Å². The van der Waals surface area contributed by atoms with Gasteiger partial charge in [-0.25, -0.2) is 8.61 Å². The largest absolute Gasteiger partial charge is 0.379 e.